The van der Waals surface area contributed by atoms with E-state index in [0.717, 1.165) is 29.4 Å². The van der Waals surface area contributed by atoms with Crippen molar-refractivity contribution < 1.29 is 47.3 Å². The largest absolute Gasteiger partial charge is 0.497 e. The van der Waals surface area contributed by atoms with Gasteiger partial charge in [-0.15, -0.1) is 0 Å². The molecule has 9 N–H and O–H groups in total. The fourth-order valence-corrected chi connectivity index (χ4v) is 2.10. The second-order valence-electron chi connectivity index (χ2n) is 5.65. The summed E-state index contributed by atoms with van der Waals surface area (Å²) in [5.74, 6) is 0.300. The van der Waals surface area contributed by atoms with Crippen LogP contribution in [0.4, 0.5) is 5.69 Å². The average Bonchev–Trinajstić information content (AvgIpc) is 2.55. The molecule has 12 nitrogen and oxygen atoms in total. The SMILES string of the molecule is O=P(O)(O)O.O=P(O)(O)O.[2H][13C]([2H])([2H])Oc1cc(NC(C)CCCN)c2ncccc2c1. The maximum Gasteiger partial charge on any atom is 0.466 e. The highest BCUT2D eigenvalue weighted by molar-refractivity contribution is 7.45. The van der Waals surface area contributed by atoms with E-state index in [0.29, 0.717) is 12.3 Å². The van der Waals surface area contributed by atoms with Gasteiger partial charge in [-0.1, -0.05) is 6.07 Å². The molecule has 0 aliphatic heterocycles. The molecular weight excluding hydrogens is 429 g/mol. The summed E-state index contributed by atoms with van der Waals surface area (Å²) in [6.45, 7) is 2.70. The normalized spacial score (nSPS) is 14.1. The average molecular weight is 459 g/mol. The first-order valence-electron chi connectivity index (χ1n) is 9.50. The van der Waals surface area contributed by atoms with E-state index < -0.39 is 22.7 Å². The lowest BCUT2D eigenvalue weighted by Gasteiger charge is -2.17. The number of benzene rings is 1. The lowest BCUT2D eigenvalue weighted by Crippen LogP contribution is -2.17. The topological polar surface area (TPSA) is 216 Å². The van der Waals surface area contributed by atoms with Crippen molar-refractivity contribution in [3.63, 3.8) is 0 Å². The molecule has 1 unspecified atom stereocenters. The number of hydrogen-bond donors (Lipinski definition) is 8. The number of nitrogens with zero attached hydrogens (tertiary/aromatic N) is 1. The van der Waals surface area contributed by atoms with Gasteiger partial charge in [-0.3, -0.25) is 4.98 Å². The minimum atomic E-state index is -4.64. The van der Waals surface area contributed by atoms with Gasteiger partial charge >= 0.3 is 15.6 Å². The second kappa shape index (κ2) is 12.9. The molecule has 0 spiro atoms. The van der Waals surface area contributed by atoms with Crippen LogP contribution in [-0.4, -0.2) is 54.0 Å². The van der Waals surface area contributed by atoms with Gasteiger partial charge in [0.2, 0.25) is 0 Å². The Labute approximate surface area is 172 Å². The Morgan fingerprint density at radius 3 is 2.31 bits per heavy atom. The zero-order chi connectivity index (χ0) is 25.2. The van der Waals surface area contributed by atoms with E-state index in [4.69, 9.17) is 53.1 Å². The highest BCUT2D eigenvalue weighted by atomic mass is 31.2. The van der Waals surface area contributed by atoms with Crippen molar-refractivity contribution in [1.29, 1.82) is 0 Å². The van der Waals surface area contributed by atoms with Crippen LogP contribution in [0, 0.1) is 0 Å². The smallest absolute Gasteiger partial charge is 0.466 e. The third-order valence-electron chi connectivity index (χ3n) is 3.04. The zero-order valence-electron chi connectivity index (χ0n) is 18.4. The van der Waals surface area contributed by atoms with E-state index in [-0.39, 0.29) is 6.04 Å². The summed E-state index contributed by atoms with van der Waals surface area (Å²) in [6.07, 6.45) is 3.56. The third kappa shape index (κ3) is 16.0. The Morgan fingerprint density at radius 1 is 1.21 bits per heavy atom. The van der Waals surface area contributed by atoms with E-state index in [2.05, 4.69) is 17.2 Å². The van der Waals surface area contributed by atoms with Crippen molar-refractivity contribution in [3.05, 3.63) is 30.5 Å². The molecule has 1 atom stereocenters. The first-order valence-corrected chi connectivity index (χ1v) is 11.1. The molecule has 1 aromatic carbocycles. The molecular formula is C15H27N3O9P2. The lowest BCUT2D eigenvalue weighted by atomic mass is 10.1. The minimum Gasteiger partial charge on any atom is -0.497 e. The number of aromatic nitrogens is 1. The van der Waals surface area contributed by atoms with Gasteiger partial charge in [0.1, 0.15) is 5.75 Å². The van der Waals surface area contributed by atoms with Crippen molar-refractivity contribution in [2.75, 3.05) is 18.9 Å². The van der Waals surface area contributed by atoms with Gasteiger partial charge in [-0.2, -0.15) is 0 Å². The quantitative estimate of drug-likeness (QED) is 0.224. The fourth-order valence-electron chi connectivity index (χ4n) is 2.10. The van der Waals surface area contributed by atoms with Gasteiger partial charge in [-0.25, -0.2) is 9.13 Å². The van der Waals surface area contributed by atoms with Crippen molar-refractivity contribution in [2.24, 2.45) is 5.73 Å². The number of phosphoric acid groups is 2. The molecule has 2 aromatic rings. The summed E-state index contributed by atoms with van der Waals surface area (Å²) in [7, 11) is -11.8. The molecule has 14 heteroatoms. The van der Waals surface area contributed by atoms with Crippen LogP contribution < -0.4 is 15.8 Å². The van der Waals surface area contributed by atoms with Crippen LogP contribution >= 0.6 is 15.6 Å². The van der Waals surface area contributed by atoms with Crippen molar-refractivity contribution in [1.82, 2.24) is 4.98 Å². The number of hydrogen-bond acceptors (Lipinski definition) is 6. The zero-order valence-corrected chi connectivity index (χ0v) is 17.2. The third-order valence-corrected chi connectivity index (χ3v) is 3.04. The van der Waals surface area contributed by atoms with E-state index in [1.165, 1.54) is 0 Å². The van der Waals surface area contributed by atoms with E-state index in [1.807, 2.05) is 12.1 Å². The van der Waals surface area contributed by atoms with Gasteiger partial charge in [0, 0.05) is 23.7 Å². The Kier molecular flexibility index (Phi) is 9.80. The van der Waals surface area contributed by atoms with Crippen LogP contribution in [0.1, 0.15) is 23.9 Å². The first kappa shape index (κ1) is 22.1. The van der Waals surface area contributed by atoms with Gasteiger partial charge in [-0.05, 0) is 38.4 Å². The molecule has 0 bridgehead atoms. The predicted molar refractivity (Wildman–Crippen MR) is 108 cm³/mol. The van der Waals surface area contributed by atoms with Crippen LogP contribution in [0.15, 0.2) is 30.5 Å². The van der Waals surface area contributed by atoms with Crippen LogP contribution in [0.25, 0.3) is 10.9 Å². The molecule has 1 heterocycles. The number of fused-ring (bicyclic) bond motifs is 1. The molecule has 0 aliphatic carbocycles. The molecule has 2 rings (SSSR count). The summed E-state index contributed by atoms with van der Waals surface area (Å²) >= 11 is 0. The van der Waals surface area contributed by atoms with Gasteiger partial charge in [0.05, 0.1) is 22.4 Å². The van der Waals surface area contributed by atoms with Gasteiger partial charge < -0.3 is 45.1 Å². The number of nitrogens with one attached hydrogen (secondary N) is 1. The second-order valence-corrected chi connectivity index (χ2v) is 7.70. The molecule has 166 valence electrons. The summed E-state index contributed by atoms with van der Waals surface area (Å²) in [4.78, 5) is 47.5. The maximum atomic E-state index is 8.88. The number of pyridine rings is 1. The van der Waals surface area contributed by atoms with E-state index >= 15 is 0 Å². The van der Waals surface area contributed by atoms with Crippen molar-refractivity contribution in [2.45, 2.75) is 25.8 Å². The van der Waals surface area contributed by atoms with Gasteiger partial charge in [0.15, 0.2) is 0 Å². The van der Waals surface area contributed by atoms with Gasteiger partial charge in [0.25, 0.3) is 0 Å². The van der Waals surface area contributed by atoms with Crippen LogP contribution in [-0.2, 0) is 9.13 Å². The highest BCUT2D eigenvalue weighted by Gasteiger charge is 2.08. The van der Waals surface area contributed by atoms with E-state index in [1.54, 1.807) is 18.3 Å². The summed E-state index contributed by atoms with van der Waals surface area (Å²) in [6, 6.07) is 7.26. The maximum absolute atomic E-state index is 8.88. The molecule has 1 aromatic heterocycles. The van der Waals surface area contributed by atoms with Crippen LogP contribution in [0.3, 0.4) is 0 Å². The van der Waals surface area contributed by atoms with Crippen molar-refractivity contribution in [3.8, 4) is 5.75 Å². The summed E-state index contributed by atoms with van der Waals surface area (Å²) in [5, 5.41) is 4.20. The molecule has 0 saturated carbocycles. The summed E-state index contributed by atoms with van der Waals surface area (Å²) in [5.41, 5.74) is 7.09. The molecule has 0 saturated heterocycles. The first-order chi connectivity index (χ1) is 14.4. The Morgan fingerprint density at radius 2 is 1.79 bits per heavy atom. The van der Waals surface area contributed by atoms with E-state index in [9.17, 15) is 0 Å². The molecule has 0 fully saturated rings. The fraction of sp³-hybridized carbons (Fsp3) is 0.400. The molecule has 0 radical (unpaired) electrons. The lowest BCUT2D eigenvalue weighted by molar-refractivity contribution is 0.272. The monoisotopic (exact) mass is 459 g/mol. The standard InChI is InChI=1S/C15H21N3O.2H3O4P/c1-11(5-3-7-16)18-14-10-13(19-2)9-12-6-4-8-17-15(12)14;2*1-5(2,3)4/h4,6,8-11,18H,3,5,7,16H2,1-2H3;2*(H3,1,2,3,4)/i2+1D3;;. The number of anilines is 1. The van der Waals surface area contributed by atoms with Crippen molar-refractivity contribution >= 4 is 32.2 Å². The van der Waals surface area contributed by atoms with Crippen LogP contribution in [0.2, 0.25) is 0 Å². The predicted octanol–water partition coefficient (Wildman–Crippen LogP) is 0.925. The highest BCUT2D eigenvalue weighted by Crippen LogP contribution is 2.28. The number of ether oxygens (including phenoxy) is 1. The number of nitrogens with two attached hydrogens (primary N) is 1. The molecule has 0 aliphatic rings. The Balaban J connectivity index is 0.000000805. The number of methoxy groups -OCH3 is 1. The van der Waals surface area contributed by atoms with Crippen LogP contribution in [0.5, 0.6) is 5.75 Å². The molecule has 29 heavy (non-hydrogen) atoms. The summed E-state index contributed by atoms with van der Waals surface area (Å²) < 4.78 is 44.5. The Hall–Kier alpha value is -1.59. The minimum absolute atomic E-state index is 0.205. The number of rotatable bonds is 6. The molecule has 0 amide bonds. The Bertz CT molecular complexity index is 901.